The molecule has 1 heterocycles. The SMILES string of the molecule is CCCCCC(=O)Nc1c(C)cc(C)c(S)[n+]1[O-]. The maximum absolute atomic E-state index is 11.9. The van der Waals surface area contributed by atoms with Crippen molar-refractivity contribution >= 4 is 24.4 Å². The van der Waals surface area contributed by atoms with E-state index in [1.807, 2.05) is 13.0 Å². The van der Waals surface area contributed by atoms with Crippen LogP contribution in [0.3, 0.4) is 0 Å². The first-order chi connectivity index (χ1) is 8.47. The molecule has 0 radical (unpaired) electrons. The van der Waals surface area contributed by atoms with Gasteiger partial charge in [0.05, 0.1) is 0 Å². The van der Waals surface area contributed by atoms with Gasteiger partial charge in [-0.05, 0) is 26.3 Å². The highest BCUT2D eigenvalue weighted by molar-refractivity contribution is 7.80. The summed E-state index contributed by atoms with van der Waals surface area (Å²) < 4.78 is 0.672. The van der Waals surface area contributed by atoms with Crippen molar-refractivity contribution in [2.24, 2.45) is 0 Å². The number of carbonyl (C=O) groups excluding carboxylic acids is 1. The Hall–Kier alpha value is -1.23. The summed E-state index contributed by atoms with van der Waals surface area (Å²) in [5.74, 6) is 0.167. The fraction of sp³-hybridized carbons (Fsp3) is 0.538. The number of aromatic nitrogens is 1. The van der Waals surface area contributed by atoms with Crippen molar-refractivity contribution in [1.82, 2.24) is 0 Å². The van der Waals surface area contributed by atoms with Gasteiger partial charge in [-0.15, -0.1) is 12.6 Å². The highest BCUT2D eigenvalue weighted by Crippen LogP contribution is 2.17. The third kappa shape index (κ3) is 3.63. The van der Waals surface area contributed by atoms with Crippen molar-refractivity contribution in [3.63, 3.8) is 0 Å². The molecule has 0 unspecified atom stereocenters. The van der Waals surface area contributed by atoms with Crippen LogP contribution in [-0.2, 0) is 4.79 Å². The van der Waals surface area contributed by atoms with Crippen molar-refractivity contribution in [2.45, 2.75) is 51.5 Å². The zero-order chi connectivity index (χ0) is 13.7. The molecule has 0 aliphatic rings. The highest BCUT2D eigenvalue weighted by atomic mass is 32.1. The van der Waals surface area contributed by atoms with Gasteiger partial charge in [-0.2, -0.15) is 0 Å². The maximum atomic E-state index is 11.9. The van der Waals surface area contributed by atoms with E-state index in [4.69, 9.17) is 0 Å². The van der Waals surface area contributed by atoms with Crippen molar-refractivity contribution in [1.29, 1.82) is 0 Å². The molecule has 0 aromatic carbocycles. The fourth-order valence-electron chi connectivity index (χ4n) is 1.76. The molecule has 100 valence electrons. The number of anilines is 1. The number of pyridine rings is 1. The summed E-state index contributed by atoms with van der Waals surface area (Å²) >= 11 is 4.14. The number of nitrogens with one attached hydrogen (secondary N) is 1. The average molecular weight is 268 g/mol. The first-order valence-electron chi connectivity index (χ1n) is 6.20. The summed E-state index contributed by atoms with van der Waals surface area (Å²) in [5, 5.41) is 14.9. The number of amides is 1. The third-order valence-corrected chi connectivity index (χ3v) is 3.35. The molecule has 5 heteroatoms. The minimum atomic E-state index is -0.118. The Morgan fingerprint density at radius 1 is 1.39 bits per heavy atom. The molecular weight excluding hydrogens is 248 g/mol. The molecule has 0 spiro atoms. The summed E-state index contributed by atoms with van der Waals surface area (Å²) in [4.78, 5) is 11.7. The van der Waals surface area contributed by atoms with Gasteiger partial charge in [0.15, 0.2) is 5.03 Å². The number of nitrogens with zero attached hydrogens (tertiary/aromatic N) is 1. The lowest BCUT2D eigenvalue weighted by Crippen LogP contribution is -2.36. The Balaban J connectivity index is 2.79. The zero-order valence-corrected chi connectivity index (χ0v) is 12.0. The second-order valence-electron chi connectivity index (χ2n) is 4.48. The Labute approximate surface area is 113 Å². The summed E-state index contributed by atoms with van der Waals surface area (Å²) in [6, 6.07) is 1.85. The van der Waals surface area contributed by atoms with Crippen LogP contribution in [-0.4, -0.2) is 5.91 Å². The smallest absolute Gasteiger partial charge is 0.307 e. The molecule has 0 saturated heterocycles. The van der Waals surface area contributed by atoms with Crippen molar-refractivity contribution in [3.05, 3.63) is 22.4 Å². The van der Waals surface area contributed by atoms with Crippen LogP contribution < -0.4 is 10.0 Å². The minimum Gasteiger partial charge on any atom is -0.710 e. The number of thiol groups is 1. The Kier molecular flexibility index (Phi) is 5.47. The number of aryl methyl sites for hydroxylation is 2. The van der Waals surface area contributed by atoms with E-state index in [0.29, 0.717) is 16.2 Å². The summed E-state index contributed by atoms with van der Waals surface area (Å²) in [6.45, 7) is 5.70. The molecule has 1 N–H and O–H groups in total. The molecule has 0 bridgehead atoms. The van der Waals surface area contributed by atoms with Gasteiger partial charge >= 0.3 is 5.91 Å². The first-order valence-corrected chi connectivity index (χ1v) is 6.64. The van der Waals surface area contributed by atoms with Crippen molar-refractivity contribution < 1.29 is 9.52 Å². The summed E-state index contributed by atoms with van der Waals surface area (Å²) in [7, 11) is 0. The number of hydrogen-bond acceptors (Lipinski definition) is 3. The second-order valence-corrected chi connectivity index (χ2v) is 4.91. The lowest BCUT2D eigenvalue weighted by atomic mass is 10.2. The first kappa shape index (κ1) is 14.8. The molecule has 0 aliphatic heterocycles. The average Bonchev–Trinajstić information content (AvgIpc) is 2.32. The van der Waals surface area contributed by atoms with E-state index < -0.39 is 0 Å². The van der Waals surface area contributed by atoms with Gasteiger partial charge in [-0.3, -0.25) is 0 Å². The van der Waals surface area contributed by atoms with Crippen molar-refractivity contribution in [2.75, 3.05) is 5.32 Å². The van der Waals surface area contributed by atoms with Gasteiger partial charge in [0.25, 0.3) is 5.82 Å². The van der Waals surface area contributed by atoms with E-state index in [0.717, 1.165) is 30.4 Å². The highest BCUT2D eigenvalue weighted by Gasteiger charge is 2.17. The number of rotatable bonds is 5. The van der Waals surface area contributed by atoms with Gasteiger partial charge in [0, 0.05) is 17.5 Å². The van der Waals surface area contributed by atoms with E-state index in [2.05, 4.69) is 24.9 Å². The molecule has 18 heavy (non-hydrogen) atoms. The Morgan fingerprint density at radius 3 is 2.67 bits per heavy atom. The molecule has 1 aromatic rings. The van der Waals surface area contributed by atoms with Crippen LogP contribution in [0, 0.1) is 19.1 Å². The van der Waals surface area contributed by atoms with E-state index in [9.17, 15) is 10.0 Å². The second kappa shape index (κ2) is 6.64. The van der Waals surface area contributed by atoms with Crippen LogP contribution in [0.5, 0.6) is 0 Å². The standard InChI is InChI=1S/C13H20N2O2S/c1-4-5-6-7-11(16)14-12-9(2)8-10(3)13(18)15(12)17/h8,18H,4-7H2,1-3H3,(H,14,16). The predicted molar refractivity (Wildman–Crippen MR) is 74.9 cm³/mol. The molecule has 0 saturated carbocycles. The lowest BCUT2D eigenvalue weighted by molar-refractivity contribution is -0.631. The van der Waals surface area contributed by atoms with E-state index >= 15 is 0 Å². The molecule has 0 fully saturated rings. The van der Waals surface area contributed by atoms with E-state index in [1.165, 1.54) is 0 Å². The molecule has 0 atom stereocenters. The van der Waals surface area contributed by atoms with Crippen LogP contribution in [0.15, 0.2) is 11.1 Å². The van der Waals surface area contributed by atoms with Crippen LogP contribution >= 0.6 is 12.6 Å². The summed E-state index contributed by atoms with van der Waals surface area (Å²) in [5.41, 5.74) is 1.55. The quantitative estimate of drug-likeness (QED) is 0.373. The molecule has 1 rings (SSSR count). The van der Waals surface area contributed by atoms with E-state index in [-0.39, 0.29) is 11.7 Å². The largest absolute Gasteiger partial charge is 0.710 e. The predicted octanol–water partition coefficient (Wildman–Crippen LogP) is 2.74. The summed E-state index contributed by atoms with van der Waals surface area (Å²) in [6.07, 6.45) is 3.39. The Morgan fingerprint density at radius 2 is 2.06 bits per heavy atom. The molecule has 0 aliphatic carbocycles. The molecule has 1 amide bonds. The van der Waals surface area contributed by atoms with Gasteiger partial charge in [-0.25, -0.2) is 14.8 Å². The van der Waals surface area contributed by atoms with Crippen LogP contribution in [0.1, 0.15) is 43.7 Å². The monoisotopic (exact) mass is 268 g/mol. The van der Waals surface area contributed by atoms with Crippen LogP contribution in [0.4, 0.5) is 5.82 Å². The van der Waals surface area contributed by atoms with Crippen molar-refractivity contribution in [3.8, 4) is 0 Å². The number of unbranched alkanes of at least 4 members (excludes halogenated alkanes) is 2. The normalized spacial score (nSPS) is 10.4. The van der Waals surface area contributed by atoms with Crippen LogP contribution in [0.2, 0.25) is 0 Å². The molecule has 4 nitrogen and oxygen atoms in total. The number of hydrogen-bond donors (Lipinski definition) is 2. The van der Waals surface area contributed by atoms with Gasteiger partial charge in [0.1, 0.15) is 0 Å². The topological polar surface area (TPSA) is 56.0 Å². The molecular formula is C13H20N2O2S. The van der Waals surface area contributed by atoms with Gasteiger partial charge < -0.3 is 5.21 Å². The zero-order valence-electron chi connectivity index (χ0n) is 11.1. The third-order valence-electron chi connectivity index (χ3n) is 2.82. The maximum Gasteiger partial charge on any atom is 0.307 e. The minimum absolute atomic E-state index is 0.118. The van der Waals surface area contributed by atoms with E-state index in [1.54, 1.807) is 6.92 Å². The van der Waals surface area contributed by atoms with Gasteiger partial charge in [0.2, 0.25) is 0 Å². The fourth-order valence-corrected chi connectivity index (χ4v) is 1.93. The Bertz CT molecular complexity index is 447. The molecule has 1 aromatic heterocycles. The van der Waals surface area contributed by atoms with Gasteiger partial charge in [-0.1, -0.05) is 19.8 Å². The lowest BCUT2D eigenvalue weighted by Gasteiger charge is -2.14. The number of carbonyl (C=O) groups is 1. The van der Waals surface area contributed by atoms with Crippen LogP contribution in [0.25, 0.3) is 0 Å².